The number of nitrogens with one attached hydrogen (secondary N) is 1. The number of amides is 1. The van der Waals surface area contributed by atoms with Gasteiger partial charge in [-0.25, -0.2) is 8.51 Å². The molecule has 0 aliphatic carbocycles. The SMILES string of the molecule is O=C(CN1CCN(S(=O)c2ccc(Cc3ccc4[nH]c(=O)cc(C(F)(F)F)c4c3)cc2)CC1)N1CCCC1. The molecule has 1 atom stereocenters. The van der Waals surface area contributed by atoms with Gasteiger partial charge in [0.15, 0.2) is 0 Å². The van der Waals surface area contributed by atoms with Gasteiger partial charge in [0.05, 0.1) is 17.0 Å². The van der Waals surface area contributed by atoms with Crippen molar-refractivity contribution >= 4 is 27.8 Å². The van der Waals surface area contributed by atoms with Gasteiger partial charge >= 0.3 is 6.18 Å². The molecular formula is C27H29F3N4O3S. The molecule has 5 rings (SSSR count). The van der Waals surface area contributed by atoms with Gasteiger partial charge in [-0.3, -0.25) is 14.5 Å². The van der Waals surface area contributed by atoms with Gasteiger partial charge in [-0.15, -0.1) is 0 Å². The summed E-state index contributed by atoms with van der Waals surface area (Å²) in [6, 6.07) is 12.5. The Morgan fingerprint density at radius 1 is 0.895 bits per heavy atom. The largest absolute Gasteiger partial charge is 0.417 e. The molecule has 0 bridgehead atoms. The second kappa shape index (κ2) is 11.0. The lowest BCUT2D eigenvalue weighted by Crippen LogP contribution is -2.50. The van der Waals surface area contributed by atoms with E-state index in [9.17, 15) is 27.0 Å². The van der Waals surface area contributed by atoms with Gasteiger partial charge < -0.3 is 9.88 Å². The molecule has 0 radical (unpaired) electrons. The Morgan fingerprint density at radius 2 is 1.55 bits per heavy atom. The number of likely N-dealkylation sites (tertiary alicyclic amines) is 1. The number of fused-ring (bicyclic) bond motifs is 1. The third-order valence-corrected chi connectivity index (χ3v) is 8.64. The van der Waals surface area contributed by atoms with E-state index in [1.807, 2.05) is 21.3 Å². The Kier molecular flexibility index (Phi) is 7.69. The van der Waals surface area contributed by atoms with Gasteiger partial charge in [-0.1, -0.05) is 18.2 Å². The summed E-state index contributed by atoms with van der Waals surface area (Å²) in [6.07, 6.45) is -2.10. The van der Waals surface area contributed by atoms with Gasteiger partial charge in [0.1, 0.15) is 11.0 Å². The molecule has 38 heavy (non-hydrogen) atoms. The van der Waals surface area contributed by atoms with Crippen LogP contribution < -0.4 is 5.56 Å². The summed E-state index contributed by atoms with van der Waals surface area (Å²) >= 11 is 0. The first-order valence-corrected chi connectivity index (χ1v) is 13.8. The van der Waals surface area contributed by atoms with Crippen LogP contribution >= 0.6 is 0 Å². The molecule has 3 aromatic rings. The standard InChI is InChI=1S/C27H29F3N4O3S/c28-27(29,30)23-17-25(35)31-24-8-5-20(16-22(23)24)15-19-3-6-21(7-4-19)38(37)34-13-11-32(12-14-34)18-26(36)33-9-1-2-10-33/h3-8,16-17H,1-2,9-15,18H2,(H,31,35). The van der Waals surface area contributed by atoms with Crippen molar-refractivity contribution in [1.82, 2.24) is 19.1 Å². The van der Waals surface area contributed by atoms with Crippen molar-refractivity contribution in [2.24, 2.45) is 0 Å². The van der Waals surface area contributed by atoms with Crippen LogP contribution in [0.4, 0.5) is 13.2 Å². The van der Waals surface area contributed by atoms with Crippen molar-refractivity contribution in [3.8, 4) is 0 Å². The lowest BCUT2D eigenvalue weighted by atomic mass is 10.0. The zero-order chi connectivity index (χ0) is 26.9. The van der Waals surface area contributed by atoms with Crippen LogP contribution in [0.2, 0.25) is 0 Å². The second-order valence-corrected chi connectivity index (χ2v) is 11.3. The van der Waals surface area contributed by atoms with Gasteiger partial charge in [0.2, 0.25) is 11.5 Å². The maximum Gasteiger partial charge on any atom is 0.417 e. The van der Waals surface area contributed by atoms with E-state index >= 15 is 0 Å². The molecule has 0 saturated carbocycles. The number of hydrogen-bond acceptors (Lipinski definition) is 4. The van der Waals surface area contributed by atoms with Gasteiger partial charge in [-0.2, -0.15) is 13.2 Å². The first kappa shape index (κ1) is 26.6. The van der Waals surface area contributed by atoms with Gasteiger partial charge in [0.25, 0.3) is 0 Å². The van der Waals surface area contributed by atoms with Crippen LogP contribution in [0.15, 0.2) is 58.2 Å². The third-order valence-electron chi connectivity index (χ3n) is 7.13. The van der Waals surface area contributed by atoms with Crippen LogP contribution in [-0.4, -0.2) is 75.0 Å². The molecule has 1 unspecified atom stereocenters. The lowest BCUT2D eigenvalue weighted by Gasteiger charge is -2.34. The molecule has 0 spiro atoms. The minimum Gasteiger partial charge on any atom is -0.342 e. The smallest absolute Gasteiger partial charge is 0.342 e. The number of aromatic amines is 1. The van der Waals surface area contributed by atoms with Crippen LogP contribution in [-0.2, 0) is 28.4 Å². The minimum atomic E-state index is -4.63. The summed E-state index contributed by atoms with van der Waals surface area (Å²) in [7, 11) is -1.34. The number of benzene rings is 2. The lowest BCUT2D eigenvalue weighted by molar-refractivity contribution is -0.136. The molecule has 2 aliphatic rings. The second-order valence-electron chi connectivity index (χ2n) is 9.79. The van der Waals surface area contributed by atoms with E-state index in [-0.39, 0.29) is 16.8 Å². The zero-order valence-electron chi connectivity index (χ0n) is 20.8. The highest BCUT2D eigenvalue weighted by Gasteiger charge is 2.33. The number of carbonyl (C=O) groups excluding carboxylic acids is 1. The third kappa shape index (κ3) is 6.00. The Bertz CT molecular complexity index is 1390. The highest BCUT2D eigenvalue weighted by Crippen LogP contribution is 2.33. The maximum absolute atomic E-state index is 13.5. The summed E-state index contributed by atoms with van der Waals surface area (Å²) in [4.78, 5) is 31.2. The van der Waals surface area contributed by atoms with E-state index in [2.05, 4.69) is 9.88 Å². The number of H-pyrrole nitrogens is 1. The van der Waals surface area contributed by atoms with Crippen molar-refractivity contribution < 1.29 is 22.2 Å². The van der Waals surface area contributed by atoms with Crippen molar-refractivity contribution in [3.63, 3.8) is 0 Å². The van der Waals surface area contributed by atoms with Crippen molar-refractivity contribution in [2.45, 2.75) is 30.3 Å². The number of halogens is 3. The fourth-order valence-electron chi connectivity index (χ4n) is 5.07. The topological polar surface area (TPSA) is 76.7 Å². The van der Waals surface area contributed by atoms with Crippen molar-refractivity contribution in [1.29, 1.82) is 0 Å². The van der Waals surface area contributed by atoms with E-state index < -0.39 is 28.3 Å². The van der Waals surface area contributed by atoms with Crippen LogP contribution in [0.25, 0.3) is 10.9 Å². The predicted octanol–water partition coefficient (Wildman–Crippen LogP) is 3.40. The summed E-state index contributed by atoms with van der Waals surface area (Å²) in [5, 5.41) is -0.0476. The number of carbonyl (C=O) groups is 1. The van der Waals surface area contributed by atoms with E-state index in [4.69, 9.17) is 0 Å². The van der Waals surface area contributed by atoms with Crippen molar-refractivity contribution in [2.75, 3.05) is 45.8 Å². The Hall–Kier alpha value is -3.02. The summed E-state index contributed by atoms with van der Waals surface area (Å²) in [6.45, 7) is 4.65. The predicted molar refractivity (Wildman–Crippen MR) is 139 cm³/mol. The quantitative estimate of drug-likeness (QED) is 0.514. The number of pyridine rings is 1. The summed E-state index contributed by atoms with van der Waals surface area (Å²) in [5.41, 5.74) is -0.0702. The highest BCUT2D eigenvalue weighted by molar-refractivity contribution is 7.82. The molecule has 3 heterocycles. The number of nitrogens with zero attached hydrogens (tertiary/aromatic N) is 3. The molecular weight excluding hydrogens is 517 g/mol. The molecule has 11 heteroatoms. The van der Waals surface area contributed by atoms with Crippen LogP contribution in [0.3, 0.4) is 0 Å². The first-order valence-electron chi connectivity index (χ1n) is 12.7. The van der Waals surface area contributed by atoms with E-state index in [1.165, 1.54) is 12.1 Å². The number of aromatic nitrogens is 1. The summed E-state index contributed by atoms with van der Waals surface area (Å²) < 4.78 is 55.4. The highest BCUT2D eigenvalue weighted by atomic mass is 32.2. The number of piperazine rings is 1. The van der Waals surface area contributed by atoms with Gasteiger partial charge in [-0.05, 0) is 54.7 Å². The van der Waals surface area contributed by atoms with Crippen LogP contribution in [0, 0.1) is 0 Å². The normalized spacial score (nSPS) is 18.2. The monoisotopic (exact) mass is 546 g/mol. The van der Waals surface area contributed by atoms with E-state index in [1.54, 1.807) is 18.2 Å². The molecule has 7 nitrogen and oxygen atoms in total. The molecule has 202 valence electrons. The fraction of sp³-hybridized carbons (Fsp3) is 0.407. The minimum absolute atomic E-state index is 0.0476. The average Bonchev–Trinajstić information content (AvgIpc) is 3.44. The molecule has 1 amide bonds. The Balaban J connectivity index is 1.20. The van der Waals surface area contributed by atoms with Gasteiger partial charge in [0, 0.05) is 56.2 Å². The number of hydrogen-bond donors (Lipinski definition) is 1. The van der Waals surface area contributed by atoms with E-state index in [0.29, 0.717) is 55.7 Å². The molecule has 2 aromatic carbocycles. The Morgan fingerprint density at radius 3 is 2.21 bits per heavy atom. The Labute approximate surface area is 220 Å². The average molecular weight is 547 g/mol. The van der Waals surface area contributed by atoms with Crippen LogP contribution in [0.1, 0.15) is 29.5 Å². The zero-order valence-corrected chi connectivity index (χ0v) is 21.6. The number of alkyl halides is 3. The first-order chi connectivity index (χ1) is 18.2. The molecule has 2 saturated heterocycles. The summed E-state index contributed by atoms with van der Waals surface area (Å²) in [5.74, 6) is 0.169. The maximum atomic E-state index is 13.5. The van der Waals surface area contributed by atoms with Crippen LogP contribution in [0.5, 0.6) is 0 Å². The number of rotatable bonds is 6. The fourth-order valence-corrected chi connectivity index (χ4v) is 6.23. The molecule has 2 aliphatic heterocycles. The molecule has 1 N–H and O–H groups in total. The van der Waals surface area contributed by atoms with E-state index in [0.717, 1.165) is 31.5 Å². The molecule has 2 fully saturated rings. The van der Waals surface area contributed by atoms with Crippen molar-refractivity contribution in [3.05, 3.63) is 75.6 Å². The molecule has 1 aromatic heterocycles.